The highest BCUT2D eigenvalue weighted by atomic mass is 32.5. The van der Waals surface area contributed by atoms with Gasteiger partial charge in [-0.2, -0.15) is 5.10 Å². The normalized spacial score (nSPS) is 18.1. The molecule has 0 bridgehead atoms. The molecule has 3 rings (SSSR count). The van der Waals surface area contributed by atoms with E-state index in [0.717, 1.165) is 18.4 Å². The molecule has 13 heteroatoms. The summed E-state index contributed by atoms with van der Waals surface area (Å²) in [6, 6.07) is 6.91. The van der Waals surface area contributed by atoms with Crippen molar-refractivity contribution in [2.24, 2.45) is 0 Å². The monoisotopic (exact) mass is 485 g/mol. The molecular formula is C18H20F5N3O3S2. The van der Waals surface area contributed by atoms with Gasteiger partial charge in [0, 0.05) is 5.39 Å². The van der Waals surface area contributed by atoms with E-state index in [4.69, 9.17) is 0 Å². The van der Waals surface area contributed by atoms with Crippen LogP contribution in [0.3, 0.4) is 0 Å². The lowest BCUT2D eigenvalue weighted by atomic mass is 9.87. The van der Waals surface area contributed by atoms with E-state index in [1.54, 1.807) is 6.07 Å². The third-order valence-electron chi connectivity index (χ3n) is 5.05. The summed E-state index contributed by atoms with van der Waals surface area (Å²) in [7, 11) is -13.5. The van der Waals surface area contributed by atoms with Gasteiger partial charge in [0.25, 0.3) is 0 Å². The summed E-state index contributed by atoms with van der Waals surface area (Å²) in [6.07, 6.45) is 1.09. The van der Waals surface area contributed by atoms with Crippen molar-refractivity contribution in [3.63, 3.8) is 0 Å². The highest BCUT2D eigenvalue weighted by Crippen LogP contribution is 3.02. The molecule has 0 fully saturated rings. The van der Waals surface area contributed by atoms with Gasteiger partial charge in [-0.05, 0) is 43.7 Å². The summed E-state index contributed by atoms with van der Waals surface area (Å²) in [5.74, 6) is 0. The quantitative estimate of drug-likeness (QED) is 0.470. The Hall–Kier alpha value is -2.38. The Balaban J connectivity index is 2.19. The van der Waals surface area contributed by atoms with E-state index in [2.05, 4.69) is 9.82 Å². The van der Waals surface area contributed by atoms with Gasteiger partial charge in [0.1, 0.15) is 10.4 Å². The number of nitrogens with zero attached hydrogens (tertiary/aromatic N) is 2. The van der Waals surface area contributed by atoms with Gasteiger partial charge in [-0.1, -0.05) is 37.6 Å². The predicted octanol–water partition coefficient (Wildman–Crippen LogP) is 5.21. The van der Waals surface area contributed by atoms with Crippen LogP contribution in [0.1, 0.15) is 19.4 Å². The van der Waals surface area contributed by atoms with Crippen LogP contribution in [0.15, 0.2) is 53.6 Å². The van der Waals surface area contributed by atoms with Gasteiger partial charge in [-0.3, -0.25) is 9.40 Å². The van der Waals surface area contributed by atoms with Gasteiger partial charge in [-0.15, -0.1) is 0 Å². The van der Waals surface area contributed by atoms with Crippen molar-refractivity contribution in [1.29, 1.82) is 0 Å². The first-order valence-electron chi connectivity index (χ1n) is 8.81. The molecule has 1 heterocycles. The number of hydrogen-bond acceptors (Lipinski definition) is 4. The second-order valence-corrected chi connectivity index (χ2v) is 11.6. The molecule has 0 aliphatic carbocycles. The fraction of sp³-hybridized carbons (Fsp3) is 0.278. The lowest BCUT2D eigenvalue weighted by Gasteiger charge is -2.41. The molecule has 0 saturated carbocycles. The molecule has 2 N–H and O–H groups in total. The van der Waals surface area contributed by atoms with Crippen molar-refractivity contribution in [1.82, 2.24) is 9.78 Å². The summed E-state index contributed by atoms with van der Waals surface area (Å²) >= 11 is 0. The first-order chi connectivity index (χ1) is 13.8. The number of aliphatic hydroxyl groups excluding tert-OH is 1. The van der Waals surface area contributed by atoms with E-state index in [9.17, 15) is 33.0 Å². The van der Waals surface area contributed by atoms with E-state index in [1.165, 1.54) is 36.9 Å². The highest BCUT2D eigenvalue weighted by Gasteiger charge is 2.65. The molecule has 0 saturated heterocycles. The van der Waals surface area contributed by atoms with Crippen molar-refractivity contribution >= 4 is 36.8 Å². The summed E-state index contributed by atoms with van der Waals surface area (Å²) in [5.41, 5.74) is -0.772. The maximum absolute atomic E-state index is 13.1. The number of hydrogen-bond donors (Lipinski definition) is 2. The van der Waals surface area contributed by atoms with Crippen LogP contribution in [0.25, 0.3) is 10.9 Å². The van der Waals surface area contributed by atoms with Crippen LogP contribution in [0, 0.1) is 0 Å². The largest absolute Gasteiger partial charge is 0.391 e. The van der Waals surface area contributed by atoms with Crippen LogP contribution in [-0.4, -0.2) is 35.7 Å². The third-order valence-corrected chi connectivity index (χ3v) is 6.80. The molecule has 0 aliphatic heterocycles. The van der Waals surface area contributed by atoms with Crippen LogP contribution in [-0.2, 0) is 15.6 Å². The van der Waals surface area contributed by atoms with Crippen molar-refractivity contribution in [2.75, 3.05) is 11.0 Å². The molecule has 1 aromatic heterocycles. The van der Waals surface area contributed by atoms with Crippen molar-refractivity contribution < 1.29 is 33.0 Å². The molecule has 0 amide bonds. The van der Waals surface area contributed by atoms with Gasteiger partial charge in [-0.25, -0.2) is 8.42 Å². The minimum absolute atomic E-state index is 0.0968. The second kappa shape index (κ2) is 6.33. The van der Waals surface area contributed by atoms with Crippen molar-refractivity contribution in [2.45, 2.75) is 30.4 Å². The molecule has 2 atom stereocenters. The highest BCUT2D eigenvalue weighted by molar-refractivity contribution is 8.45. The van der Waals surface area contributed by atoms with E-state index >= 15 is 0 Å². The molecule has 0 spiro atoms. The number of aliphatic hydroxyl groups is 1. The van der Waals surface area contributed by atoms with Crippen molar-refractivity contribution in [3.05, 3.63) is 54.2 Å². The lowest BCUT2D eigenvalue weighted by molar-refractivity contribution is 0.0824. The average Bonchev–Trinajstić information content (AvgIpc) is 3.03. The minimum atomic E-state index is -9.85. The zero-order chi connectivity index (χ0) is 23.5. The summed E-state index contributed by atoms with van der Waals surface area (Å²) in [5, 5.41) is 15.1. The fourth-order valence-electron chi connectivity index (χ4n) is 3.30. The average molecular weight is 486 g/mol. The number of sulfonamides is 1. The summed E-state index contributed by atoms with van der Waals surface area (Å²) in [4.78, 5) is -2.04. The number of halogens is 5. The Morgan fingerprint density at radius 3 is 2.16 bits per heavy atom. The molecule has 2 unspecified atom stereocenters. The molecular weight excluding hydrogens is 465 g/mol. The number of benzene rings is 2. The minimum Gasteiger partial charge on any atom is -0.391 e. The maximum atomic E-state index is 13.1. The topological polar surface area (TPSA) is 84.2 Å². The molecule has 0 radical (unpaired) electrons. The molecule has 3 aromatic rings. The zero-order valence-corrected chi connectivity index (χ0v) is 18.2. The number of anilines is 1. The molecule has 172 valence electrons. The van der Waals surface area contributed by atoms with Gasteiger partial charge in [0.15, 0.2) is 0 Å². The van der Waals surface area contributed by atoms with E-state index in [1.807, 2.05) is 0 Å². The first-order valence-corrected chi connectivity index (χ1v) is 12.6. The number of fused-ring (bicyclic) bond motifs is 1. The Bertz CT molecular complexity index is 1260. The number of nitrogens with one attached hydrogen (secondary N) is 1. The zero-order valence-electron chi connectivity index (χ0n) is 16.6. The van der Waals surface area contributed by atoms with Gasteiger partial charge in [0.2, 0.25) is 10.0 Å². The number of aromatic nitrogens is 2. The van der Waals surface area contributed by atoms with Crippen LogP contribution >= 0.6 is 10.2 Å². The van der Waals surface area contributed by atoms with Gasteiger partial charge >= 0.3 is 10.2 Å². The Morgan fingerprint density at radius 1 is 1.10 bits per heavy atom. The standard InChI is InChI=1S/C18H20F5N3O3S2/c1-12(27)18(2,13-7-9-14(10-8-13)31(19,20,21,22)23)26-17-6-4-5-16(15(17)11-24-26)25-30(3,28)29/h4-12,25,27H,1-3H3. The smallest absolute Gasteiger partial charge is 0.310 e. The Labute approximate surface area is 175 Å². The lowest BCUT2D eigenvalue weighted by Crippen LogP contribution is -2.42. The van der Waals surface area contributed by atoms with E-state index < -0.39 is 36.8 Å². The number of rotatable bonds is 6. The summed E-state index contributed by atoms with van der Waals surface area (Å²) < 4.78 is 92.2. The van der Waals surface area contributed by atoms with Gasteiger partial charge in [0.05, 0.1) is 29.8 Å². The predicted molar refractivity (Wildman–Crippen MR) is 110 cm³/mol. The molecule has 31 heavy (non-hydrogen) atoms. The first kappa shape index (κ1) is 23.3. The molecule has 6 nitrogen and oxygen atoms in total. The van der Waals surface area contributed by atoms with E-state index in [0.29, 0.717) is 10.9 Å². The fourth-order valence-corrected chi connectivity index (χ4v) is 4.53. The van der Waals surface area contributed by atoms with Crippen molar-refractivity contribution in [3.8, 4) is 0 Å². The Morgan fingerprint density at radius 2 is 1.68 bits per heavy atom. The Kier molecular flexibility index (Phi) is 4.75. The second-order valence-electron chi connectivity index (χ2n) is 7.49. The van der Waals surface area contributed by atoms with Crippen LogP contribution in [0.2, 0.25) is 0 Å². The van der Waals surface area contributed by atoms with Crippen LogP contribution in [0.4, 0.5) is 25.1 Å². The SMILES string of the molecule is CC(O)C(C)(c1ccc(S(F)(F)(F)(F)F)cc1)n1ncc2c(NS(C)(=O)=O)cccc21. The van der Waals surface area contributed by atoms with Crippen LogP contribution in [0.5, 0.6) is 0 Å². The molecule has 2 aromatic carbocycles. The van der Waals surface area contributed by atoms with Gasteiger partial charge < -0.3 is 5.11 Å². The van der Waals surface area contributed by atoms with Crippen LogP contribution < -0.4 is 4.72 Å². The molecule has 0 aliphatic rings. The van der Waals surface area contributed by atoms with E-state index in [-0.39, 0.29) is 23.4 Å². The maximum Gasteiger partial charge on any atom is 0.310 e. The summed E-state index contributed by atoms with van der Waals surface area (Å²) in [6.45, 7) is 2.86. The third kappa shape index (κ3) is 4.48.